The highest BCUT2D eigenvalue weighted by Gasteiger charge is 2.31. The topological polar surface area (TPSA) is 46.3 Å². The van der Waals surface area contributed by atoms with E-state index in [1.54, 1.807) is 0 Å². The Morgan fingerprint density at radius 1 is 1.39 bits per heavy atom. The fourth-order valence-electron chi connectivity index (χ4n) is 2.46. The number of amides is 1. The van der Waals surface area contributed by atoms with Crippen LogP contribution in [0.1, 0.15) is 29.3 Å². The van der Waals surface area contributed by atoms with Crippen molar-refractivity contribution >= 4 is 18.3 Å². The third-order valence-electron chi connectivity index (χ3n) is 3.55. The predicted octanol–water partition coefficient (Wildman–Crippen LogP) is 2.23. The Bertz CT molecular complexity index is 405. The molecular formula is C14H21ClN2O. The van der Waals surface area contributed by atoms with Gasteiger partial charge in [-0.2, -0.15) is 0 Å². The molecule has 1 fully saturated rings. The van der Waals surface area contributed by atoms with Crippen LogP contribution in [0.25, 0.3) is 0 Å². The molecule has 2 atom stereocenters. The van der Waals surface area contributed by atoms with Crippen LogP contribution < -0.4 is 5.73 Å². The maximum atomic E-state index is 12.3. The first-order valence-electron chi connectivity index (χ1n) is 6.19. The molecule has 0 aliphatic carbocycles. The van der Waals surface area contributed by atoms with Crippen LogP contribution in [0.2, 0.25) is 0 Å². The van der Waals surface area contributed by atoms with Crippen molar-refractivity contribution in [1.29, 1.82) is 0 Å². The van der Waals surface area contributed by atoms with Crippen molar-refractivity contribution in [1.82, 2.24) is 4.90 Å². The second kappa shape index (κ2) is 6.21. The van der Waals surface area contributed by atoms with Gasteiger partial charge in [0.2, 0.25) is 0 Å². The zero-order valence-corrected chi connectivity index (χ0v) is 11.7. The van der Waals surface area contributed by atoms with Crippen molar-refractivity contribution in [2.75, 3.05) is 13.1 Å². The Morgan fingerprint density at radius 2 is 2.00 bits per heavy atom. The zero-order valence-electron chi connectivity index (χ0n) is 10.9. The van der Waals surface area contributed by atoms with Crippen LogP contribution in [0.15, 0.2) is 24.3 Å². The number of hydrogen-bond acceptors (Lipinski definition) is 2. The van der Waals surface area contributed by atoms with E-state index in [4.69, 9.17) is 5.73 Å². The molecule has 4 heteroatoms. The van der Waals surface area contributed by atoms with E-state index in [1.807, 2.05) is 36.1 Å². The molecule has 1 saturated heterocycles. The average Bonchev–Trinajstić information content (AvgIpc) is 2.71. The summed E-state index contributed by atoms with van der Waals surface area (Å²) in [7, 11) is 0. The van der Waals surface area contributed by atoms with Gasteiger partial charge in [-0.15, -0.1) is 12.4 Å². The lowest BCUT2D eigenvalue weighted by molar-refractivity contribution is 0.0743. The molecule has 1 amide bonds. The summed E-state index contributed by atoms with van der Waals surface area (Å²) in [6.07, 6.45) is 1.02. The van der Waals surface area contributed by atoms with E-state index in [0.717, 1.165) is 18.5 Å². The molecule has 2 N–H and O–H groups in total. The summed E-state index contributed by atoms with van der Waals surface area (Å²) >= 11 is 0. The molecule has 1 aliphatic heterocycles. The number of halogens is 1. The van der Waals surface area contributed by atoms with Crippen LogP contribution in [-0.2, 0) is 0 Å². The molecule has 2 unspecified atom stereocenters. The predicted molar refractivity (Wildman–Crippen MR) is 76.1 cm³/mol. The molecule has 0 spiro atoms. The van der Waals surface area contributed by atoms with Gasteiger partial charge in [0.15, 0.2) is 0 Å². The summed E-state index contributed by atoms with van der Waals surface area (Å²) in [5.74, 6) is 0.591. The third-order valence-corrected chi connectivity index (χ3v) is 3.55. The molecule has 0 saturated carbocycles. The summed E-state index contributed by atoms with van der Waals surface area (Å²) in [6.45, 7) is 5.59. The van der Waals surface area contributed by atoms with Crippen LogP contribution in [0, 0.1) is 12.8 Å². The van der Waals surface area contributed by atoms with Gasteiger partial charge in [-0.25, -0.2) is 0 Å². The number of carbonyl (C=O) groups excluding carboxylic acids is 1. The summed E-state index contributed by atoms with van der Waals surface area (Å²) in [5, 5.41) is 0. The number of carbonyl (C=O) groups is 1. The average molecular weight is 269 g/mol. The number of hydrogen-bond donors (Lipinski definition) is 1. The Morgan fingerprint density at radius 3 is 2.50 bits per heavy atom. The molecular weight excluding hydrogens is 248 g/mol. The third kappa shape index (κ3) is 3.03. The number of aryl methyl sites for hydroxylation is 1. The highest BCUT2D eigenvalue weighted by atomic mass is 35.5. The van der Waals surface area contributed by atoms with Crippen LogP contribution in [-0.4, -0.2) is 29.9 Å². The summed E-state index contributed by atoms with van der Waals surface area (Å²) < 4.78 is 0. The summed E-state index contributed by atoms with van der Waals surface area (Å²) in [4.78, 5) is 14.3. The van der Waals surface area contributed by atoms with Gasteiger partial charge in [0, 0.05) is 18.2 Å². The molecule has 1 aliphatic rings. The molecule has 18 heavy (non-hydrogen) atoms. The lowest BCUT2D eigenvalue weighted by Crippen LogP contribution is -2.34. The van der Waals surface area contributed by atoms with Crippen molar-refractivity contribution in [3.8, 4) is 0 Å². The van der Waals surface area contributed by atoms with Crippen molar-refractivity contribution in [2.24, 2.45) is 11.7 Å². The molecule has 0 bridgehead atoms. The summed E-state index contributed by atoms with van der Waals surface area (Å²) in [5.41, 5.74) is 7.63. The highest BCUT2D eigenvalue weighted by Crippen LogP contribution is 2.24. The fraction of sp³-hybridized carbons (Fsp3) is 0.500. The van der Waals surface area contributed by atoms with Gasteiger partial charge >= 0.3 is 0 Å². The number of likely N-dealkylation sites (tertiary alicyclic amines) is 1. The molecule has 1 aromatic rings. The lowest BCUT2D eigenvalue weighted by atomic mass is 10.1. The van der Waals surface area contributed by atoms with Gasteiger partial charge in [0.25, 0.3) is 5.91 Å². The second-order valence-corrected chi connectivity index (χ2v) is 5.01. The number of rotatable bonds is 2. The first-order valence-corrected chi connectivity index (χ1v) is 6.19. The van der Waals surface area contributed by atoms with Crippen molar-refractivity contribution in [3.63, 3.8) is 0 Å². The minimum Gasteiger partial charge on any atom is -0.336 e. The molecule has 1 aromatic carbocycles. The van der Waals surface area contributed by atoms with Crippen LogP contribution in [0.5, 0.6) is 0 Å². The zero-order chi connectivity index (χ0) is 12.4. The lowest BCUT2D eigenvalue weighted by Gasteiger charge is -2.21. The molecule has 3 nitrogen and oxygen atoms in total. The Balaban J connectivity index is 0.00000162. The monoisotopic (exact) mass is 268 g/mol. The van der Waals surface area contributed by atoms with Gasteiger partial charge < -0.3 is 10.6 Å². The standard InChI is InChI=1S/C14H20N2O.ClH/c1-10-3-5-13(6-4-10)14(17)16-9-12(8-15)7-11(16)2;/h3-6,11-12H,7-9,15H2,1-2H3;1H. The first kappa shape index (κ1) is 15.0. The minimum atomic E-state index is 0. The van der Waals surface area contributed by atoms with Crippen LogP contribution in [0.3, 0.4) is 0 Å². The first-order chi connectivity index (χ1) is 8.11. The molecule has 2 rings (SSSR count). The normalized spacial score (nSPS) is 22.7. The van der Waals surface area contributed by atoms with Gasteiger partial charge in [-0.3, -0.25) is 4.79 Å². The molecule has 0 radical (unpaired) electrons. The fourth-order valence-corrected chi connectivity index (χ4v) is 2.46. The Labute approximate surface area is 115 Å². The number of nitrogens with two attached hydrogens (primary N) is 1. The van der Waals surface area contributed by atoms with Gasteiger partial charge in [-0.05, 0) is 44.9 Å². The van der Waals surface area contributed by atoms with E-state index < -0.39 is 0 Å². The quantitative estimate of drug-likeness (QED) is 0.894. The highest BCUT2D eigenvalue weighted by molar-refractivity contribution is 5.94. The van der Waals surface area contributed by atoms with E-state index in [2.05, 4.69) is 6.92 Å². The number of benzene rings is 1. The van der Waals surface area contributed by atoms with Crippen molar-refractivity contribution in [2.45, 2.75) is 26.3 Å². The van der Waals surface area contributed by atoms with Crippen molar-refractivity contribution in [3.05, 3.63) is 35.4 Å². The van der Waals surface area contributed by atoms with E-state index in [-0.39, 0.29) is 18.3 Å². The largest absolute Gasteiger partial charge is 0.336 e. The van der Waals surface area contributed by atoms with Gasteiger partial charge in [0.1, 0.15) is 0 Å². The molecule has 0 aromatic heterocycles. The Kier molecular flexibility index (Phi) is 5.17. The van der Waals surface area contributed by atoms with E-state index in [0.29, 0.717) is 18.5 Å². The molecule has 1 heterocycles. The van der Waals surface area contributed by atoms with E-state index in [9.17, 15) is 4.79 Å². The van der Waals surface area contributed by atoms with E-state index in [1.165, 1.54) is 5.56 Å². The SMILES string of the molecule is Cc1ccc(C(=O)N2CC(CN)CC2C)cc1.Cl. The number of nitrogens with zero attached hydrogens (tertiary/aromatic N) is 1. The smallest absolute Gasteiger partial charge is 0.254 e. The van der Waals surface area contributed by atoms with Gasteiger partial charge in [-0.1, -0.05) is 17.7 Å². The second-order valence-electron chi connectivity index (χ2n) is 5.01. The molecule has 100 valence electrons. The summed E-state index contributed by atoms with van der Waals surface area (Å²) in [6, 6.07) is 8.07. The van der Waals surface area contributed by atoms with Crippen LogP contribution in [0.4, 0.5) is 0 Å². The Hall–Kier alpha value is -1.06. The van der Waals surface area contributed by atoms with Gasteiger partial charge in [0.05, 0.1) is 0 Å². The minimum absolute atomic E-state index is 0. The van der Waals surface area contributed by atoms with Crippen LogP contribution >= 0.6 is 12.4 Å². The maximum Gasteiger partial charge on any atom is 0.254 e. The van der Waals surface area contributed by atoms with Crippen molar-refractivity contribution < 1.29 is 4.79 Å². The van der Waals surface area contributed by atoms with E-state index >= 15 is 0 Å². The maximum absolute atomic E-state index is 12.3.